The molecule has 1 aromatic rings. The molecule has 5 aliphatic carbocycles. The largest absolute Gasteiger partial charge is 0.455 e. The maximum absolute atomic E-state index is 12.8. The number of carbonyl (C=O) groups excluding carboxylic acids is 2. The Morgan fingerprint density at radius 2 is 1.85 bits per heavy atom. The maximum Gasteiger partial charge on any atom is 0.312 e. The first kappa shape index (κ1) is 17.2. The molecule has 0 saturated heterocycles. The van der Waals surface area contributed by atoms with Crippen LogP contribution in [0.4, 0.5) is 5.69 Å². The van der Waals surface area contributed by atoms with E-state index in [2.05, 4.69) is 11.4 Å². The topological polar surface area (TPSA) is 75.6 Å². The third-order valence-corrected chi connectivity index (χ3v) is 7.18. The Morgan fingerprint density at radius 1 is 1.11 bits per heavy atom. The molecule has 4 fully saturated rings. The third-order valence-electron chi connectivity index (χ3n) is 7.18. The van der Waals surface area contributed by atoms with Crippen LogP contribution >= 0.6 is 0 Å². The lowest BCUT2D eigenvalue weighted by atomic mass is 9.48. The van der Waals surface area contributed by atoms with Gasteiger partial charge < -0.3 is 15.2 Å². The molecule has 27 heavy (non-hydrogen) atoms. The highest BCUT2D eigenvalue weighted by molar-refractivity contribution is 5.93. The molecule has 0 aliphatic heterocycles. The highest BCUT2D eigenvalue weighted by atomic mass is 16.5. The highest BCUT2D eigenvalue weighted by Crippen LogP contribution is 2.61. The summed E-state index contributed by atoms with van der Waals surface area (Å²) >= 11 is 0. The van der Waals surface area contributed by atoms with Crippen LogP contribution in [0.25, 0.3) is 0 Å². The minimum atomic E-state index is -0.699. The molecule has 144 valence electrons. The maximum atomic E-state index is 12.8. The Labute approximate surface area is 159 Å². The predicted molar refractivity (Wildman–Crippen MR) is 100 cm³/mol. The Kier molecular flexibility index (Phi) is 3.87. The molecule has 0 heterocycles. The fraction of sp³-hybridized carbons (Fsp3) is 0.636. The molecule has 0 radical (unpaired) electrons. The average Bonchev–Trinajstić information content (AvgIpc) is 3.05. The van der Waals surface area contributed by atoms with E-state index in [1.165, 1.54) is 17.5 Å². The molecule has 2 N–H and O–H groups in total. The number of rotatable bonds is 4. The van der Waals surface area contributed by atoms with Crippen molar-refractivity contribution >= 4 is 17.6 Å². The SMILES string of the molecule is O=C(COC(=O)C12C[C@@H]3C[C@@H](CC(O)(C3)C1)C2)Nc1ccc2c(c1)CCC2. The van der Waals surface area contributed by atoms with Crippen LogP contribution in [0.5, 0.6) is 0 Å². The van der Waals surface area contributed by atoms with Crippen LogP contribution in [-0.4, -0.2) is 29.2 Å². The monoisotopic (exact) mass is 369 g/mol. The molecule has 6 rings (SSSR count). The van der Waals surface area contributed by atoms with Crippen LogP contribution in [0, 0.1) is 17.3 Å². The van der Waals surface area contributed by atoms with Gasteiger partial charge in [-0.1, -0.05) is 6.07 Å². The zero-order chi connectivity index (χ0) is 18.6. The second kappa shape index (κ2) is 6.06. The predicted octanol–water partition coefficient (Wildman–Crippen LogP) is 2.99. The van der Waals surface area contributed by atoms with E-state index in [-0.39, 0.29) is 18.5 Å². The second-order valence-corrected chi connectivity index (χ2v) is 9.43. The standard InChI is InChI=1S/C22H27NO4/c24-19(23-18-5-4-16-2-1-3-17(16)7-18)12-27-20(25)21-8-14-6-15(9-21)11-22(26,10-14)13-21/h4-5,7,14-15,26H,1-3,6,8-13H2,(H,23,24)/t14-,15+,21?,22?. The number of fused-ring (bicyclic) bond motifs is 1. The molecule has 4 bridgehead atoms. The number of ether oxygens (including phenoxy) is 1. The van der Waals surface area contributed by atoms with Gasteiger partial charge in [0.25, 0.3) is 5.91 Å². The van der Waals surface area contributed by atoms with E-state index in [1.54, 1.807) is 0 Å². The second-order valence-electron chi connectivity index (χ2n) is 9.43. The molecule has 5 aliphatic rings. The van der Waals surface area contributed by atoms with E-state index < -0.39 is 11.0 Å². The van der Waals surface area contributed by atoms with Crippen LogP contribution in [0.15, 0.2) is 18.2 Å². The van der Waals surface area contributed by atoms with Crippen LogP contribution in [-0.2, 0) is 27.2 Å². The summed E-state index contributed by atoms with van der Waals surface area (Å²) in [7, 11) is 0. The molecular formula is C22H27NO4. The number of hydrogen-bond donors (Lipinski definition) is 2. The third kappa shape index (κ3) is 3.06. The summed E-state index contributed by atoms with van der Waals surface area (Å²) in [5, 5.41) is 13.6. The van der Waals surface area contributed by atoms with Gasteiger partial charge in [-0.05, 0) is 92.9 Å². The number of esters is 1. The number of carbonyl (C=O) groups is 2. The van der Waals surface area contributed by atoms with E-state index in [1.807, 2.05) is 12.1 Å². The van der Waals surface area contributed by atoms with Gasteiger partial charge in [-0.2, -0.15) is 0 Å². The van der Waals surface area contributed by atoms with E-state index >= 15 is 0 Å². The van der Waals surface area contributed by atoms with Gasteiger partial charge in [0.1, 0.15) is 0 Å². The molecule has 1 amide bonds. The quantitative estimate of drug-likeness (QED) is 0.800. The Hall–Kier alpha value is -1.88. The summed E-state index contributed by atoms with van der Waals surface area (Å²) < 4.78 is 5.44. The lowest BCUT2D eigenvalue weighted by molar-refractivity contribution is -0.196. The number of benzene rings is 1. The lowest BCUT2D eigenvalue weighted by Gasteiger charge is -2.58. The van der Waals surface area contributed by atoms with Crippen molar-refractivity contribution in [2.75, 3.05) is 11.9 Å². The summed E-state index contributed by atoms with van der Waals surface area (Å²) in [6.07, 6.45) is 8.19. The van der Waals surface area contributed by atoms with Gasteiger partial charge in [0.05, 0.1) is 11.0 Å². The van der Waals surface area contributed by atoms with Gasteiger partial charge >= 0.3 is 5.97 Å². The van der Waals surface area contributed by atoms with Crippen molar-refractivity contribution in [2.24, 2.45) is 17.3 Å². The first-order chi connectivity index (χ1) is 12.9. The Bertz CT molecular complexity index is 788. The Balaban J connectivity index is 1.20. The fourth-order valence-electron chi connectivity index (χ4n) is 6.58. The van der Waals surface area contributed by atoms with E-state index in [0.717, 1.165) is 50.6 Å². The summed E-state index contributed by atoms with van der Waals surface area (Å²) in [5.41, 5.74) is 2.15. The van der Waals surface area contributed by atoms with Crippen LogP contribution in [0.1, 0.15) is 56.1 Å². The summed E-state index contributed by atoms with van der Waals surface area (Å²) in [5.74, 6) is 0.247. The minimum Gasteiger partial charge on any atom is -0.455 e. The van der Waals surface area contributed by atoms with Gasteiger partial charge in [0, 0.05) is 5.69 Å². The Morgan fingerprint density at radius 3 is 2.59 bits per heavy atom. The average molecular weight is 369 g/mol. The van der Waals surface area contributed by atoms with Crippen molar-refractivity contribution < 1.29 is 19.4 Å². The van der Waals surface area contributed by atoms with Crippen LogP contribution in [0.2, 0.25) is 0 Å². The molecule has 5 nitrogen and oxygen atoms in total. The van der Waals surface area contributed by atoms with Crippen molar-refractivity contribution in [2.45, 2.75) is 63.4 Å². The van der Waals surface area contributed by atoms with Crippen LogP contribution in [0.3, 0.4) is 0 Å². The van der Waals surface area contributed by atoms with Crippen molar-refractivity contribution in [3.8, 4) is 0 Å². The highest BCUT2D eigenvalue weighted by Gasteiger charge is 2.60. The van der Waals surface area contributed by atoms with Crippen molar-refractivity contribution in [1.82, 2.24) is 0 Å². The first-order valence-corrected chi connectivity index (χ1v) is 10.2. The van der Waals surface area contributed by atoms with E-state index in [9.17, 15) is 14.7 Å². The fourth-order valence-corrected chi connectivity index (χ4v) is 6.58. The van der Waals surface area contributed by atoms with Gasteiger partial charge in [-0.15, -0.1) is 0 Å². The molecule has 4 saturated carbocycles. The van der Waals surface area contributed by atoms with Gasteiger partial charge in [-0.3, -0.25) is 9.59 Å². The molecule has 0 aromatic heterocycles. The minimum absolute atomic E-state index is 0.259. The van der Waals surface area contributed by atoms with E-state index in [4.69, 9.17) is 4.74 Å². The van der Waals surface area contributed by atoms with Crippen LogP contribution < -0.4 is 5.32 Å². The van der Waals surface area contributed by atoms with E-state index in [0.29, 0.717) is 18.3 Å². The zero-order valence-corrected chi connectivity index (χ0v) is 15.6. The molecule has 2 unspecified atom stereocenters. The molecule has 4 atom stereocenters. The number of hydrogen-bond acceptors (Lipinski definition) is 4. The van der Waals surface area contributed by atoms with Crippen molar-refractivity contribution in [1.29, 1.82) is 0 Å². The lowest BCUT2D eigenvalue weighted by Crippen LogP contribution is -2.58. The summed E-state index contributed by atoms with van der Waals surface area (Å²) in [6.45, 7) is -0.259. The number of aliphatic hydroxyl groups is 1. The molecule has 1 aromatic carbocycles. The normalized spacial score (nSPS) is 35.7. The van der Waals surface area contributed by atoms with Crippen molar-refractivity contribution in [3.05, 3.63) is 29.3 Å². The molecule has 5 heteroatoms. The number of nitrogens with one attached hydrogen (secondary N) is 1. The van der Waals surface area contributed by atoms with Gasteiger partial charge in [0.2, 0.25) is 0 Å². The zero-order valence-electron chi connectivity index (χ0n) is 15.6. The summed E-state index contributed by atoms with van der Waals surface area (Å²) in [6, 6.07) is 6.01. The number of aryl methyl sites for hydroxylation is 2. The number of anilines is 1. The van der Waals surface area contributed by atoms with Crippen molar-refractivity contribution in [3.63, 3.8) is 0 Å². The molecule has 0 spiro atoms. The smallest absolute Gasteiger partial charge is 0.312 e. The summed E-state index contributed by atoms with van der Waals surface area (Å²) in [4.78, 5) is 25.1. The number of amides is 1. The molecular weight excluding hydrogens is 342 g/mol. The van der Waals surface area contributed by atoms with Gasteiger partial charge in [0.15, 0.2) is 6.61 Å². The first-order valence-electron chi connectivity index (χ1n) is 10.2. The van der Waals surface area contributed by atoms with Gasteiger partial charge in [-0.25, -0.2) is 0 Å².